The summed E-state index contributed by atoms with van der Waals surface area (Å²) in [6.45, 7) is 2.07. The Hall–Kier alpha value is -2.56. The zero-order valence-electron chi connectivity index (χ0n) is 11.5. The van der Waals surface area contributed by atoms with Crippen LogP contribution in [0.3, 0.4) is 0 Å². The Labute approximate surface area is 118 Å². The number of anilines is 2. The van der Waals surface area contributed by atoms with Crippen LogP contribution in [0.15, 0.2) is 42.5 Å². The molecule has 0 aliphatic rings. The molecule has 0 aliphatic carbocycles. The number of ether oxygens (including phenoxy) is 1. The van der Waals surface area contributed by atoms with E-state index < -0.39 is 0 Å². The van der Waals surface area contributed by atoms with Crippen molar-refractivity contribution in [3.05, 3.63) is 48.2 Å². The van der Waals surface area contributed by atoms with E-state index in [1.807, 2.05) is 36.4 Å². The highest BCUT2D eigenvalue weighted by molar-refractivity contribution is 5.89. The quantitative estimate of drug-likeness (QED) is 0.877. The molecule has 0 unspecified atom stereocenters. The van der Waals surface area contributed by atoms with Crippen LogP contribution < -0.4 is 15.4 Å². The first-order valence-corrected chi connectivity index (χ1v) is 6.29. The van der Waals surface area contributed by atoms with Gasteiger partial charge in [-0.25, -0.2) is 4.98 Å². The smallest absolute Gasteiger partial charge is 0.221 e. The van der Waals surface area contributed by atoms with Crippen LogP contribution >= 0.6 is 0 Å². The van der Waals surface area contributed by atoms with Crippen molar-refractivity contribution in [1.29, 1.82) is 0 Å². The SMILES string of the molecule is COc1cccc(CNc2cccc(NC(C)=O)c2)n1. The third-order valence-electron chi connectivity index (χ3n) is 2.65. The first-order chi connectivity index (χ1) is 9.67. The Bertz CT molecular complexity index is 599. The number of methoxy groups -OCH3 is 1. The van der Waals surface area contributed by atoms with Gasteiger partial charge in [-0.3, -0.25) is 4.79 Å². The average molecular weight is 271 g/mol. The van der Waals surface area contributed by atoms with Gasteiger partial charge in [-0.15, -0.1) is 0 Å². The molecule has 2 aromatic rings. The molecular weight excluding hydrogens is 254 g/mol. The largest absolute Gasteiger partial charge is 0.481 e. The molecule has 1 aromatic carbocycles. The third kappa shape index (κ3) is 3.98. The summed E-state index contributed by atoms with van der Waals surface area (Å²) in [7, 11) is 1.59. The number of rotatable bonds is 5. The number of aromatic nitrogens is 1. The topological polar surface area (TPSA) is 63.2 Å². The Morgan fingerprint density at radius 2 is 1.95 bits per heavy atom. The maximum absolute atomic E-state index is 11.0. The lowest BCUT2D eigenvalue weighted by Crippen LogP contribution is -2.06. The zero-order chi connectivity index (χ0) is 14.4. The van der Waals surface area contributed by atoms with E-state index in [9.17, 15) is 4.79 Å². The second-order valence-electron chi connectivity index (χ2n) is 4.29. The van der Waals surface area contributed by atoms with Gasteiger partial charge in [0.2, 0.25) is 11.8 Å². The lowest BCUT2D eigenvalue weighted by Gasteiger charge is -2.09. The van der Waals surface area contributed by atoms with Gasteiger partial charge in [-0.2, -0.15) is 0 Å². The summed E-state index contributed by atoms with van der Waals surface area (Å²) in [5.41, 5.74) is 2.57. The Balaban J connectivity index is 2.01. The molecule has 20 heavy (non-hydrogen) atoms. The average Bonchev–Trinajstić information content (AvgIpc) is 2.45. The molecule has 0 spiro atoms. The maximum atomic E-state index is 11.0. The molecule has 1 amide bonds. The van der Waals surface area contributed by atoms with Gasteiger partial charge in [0.15, 0.2) is 0 Å². The molecule has 0 saturated carbocycles. The molecule has 0 fully saturated rings. The summed E-state index contributed by atoms with van der Waals surface area (Å²) in [5, 5.41) is 6.00. The van der Waals surface area contributed by atoms with Gasteiger partial charge in [-0.1, -0.05) is 12.1 Å². The molecule has 0 atom stereocenters. The molecule has 2 N–H and O–H groups in total. The molecule has 5 heteroatoms. The number of nitrogens with one attached hydrogen (secondary N) is 2. The zero-order valence-corrected chi connectivity index (χ0v) is 11.5. The summed E-state index contributed by atoms with van der Waals surface area (Å²) < 4.78 is 5.08. The second-order valence-corrected chi connectivity index (χ2v) is 4.29. The number of hydrogen-bond acceptors (Lipinski definition) is 4. The summed E-state index contributed by atoms with van der Waals surface area (Å²) >= 11 is 0. The summed E-state index contributed by atoms with van der Waals surface area (Å²) in [6.07, 6.45) is 0. The van der Waals surface area contributed by atoms with Gasteiger partial charge in [-0.05, 0) is 24.3 Å². The van der Waals surface area contributed by atoms with Crippen LogP contribution in [0, 0.1) is 0 Å². The minimum atomic E-state index is -0.0865. The first kappa shape index (κ1) is 13.9. The van der Waals surface area contributed by atoms with Gasteiger partial charge in [0.25, 0.3) is 0 Å². The standard InChI is InChI=1S/C15H17N3O2/c1-11(19)17-13-6-3-5-12(9-13)16-10-14-7-4-8-15(18-14)20-2/h3-9,16H,10H2,1-2H3,(H,17,19). The van der Waals surface area contributed by atoms with Crippen molar-refractivity contribution in [3.8, 4) is 5.88 Å². The molecule has 0 bridgehead atoms. The molecular formula is C15H17N3O2. The Morgan fingerprint density at radius 3 is 2.70 bits per heavy atom. The maximum Gasteiger partial charge on any atom is 0.221 e. The van der Waals surface area contributed by atoms with E-state index in [0.717, 1.165) is 17.1 Å². The molecule has 1 heterocycles. The second kappa shape index (κ2) is 6.56. The fourth-order valence-electron chi connectivity index (χ4n) is 1.77. The highest BCUT2D eigenvalue weighted by Gasteiger charge is 2.00. The molecule has 0 radical (unpaired) electrons. The lowest BCUT2D eigenvalue weighted by molar-refractivity contribution is -0.114. The van der Waals surface area contributed by atoms with Crippen LogP contribution in [0.4, 0.5) is 11.4 Å². The van der Waals surface area contributed by atoms with E-state index in [1.165, 1.54) is 6.92 Å². The molecule has 104 valence electrons. The minimum Gasteiger partial charge on any atom is -0.481 e. The van der Waals surface area contributed by atoms with E-state index >= 15 is 0 Å². The van der Waals surface area contributed by atoms with E-state index in [4.69, 9.17) is 4.74 Å². The highest BCUT2D eigenvalue weighted by atomic mass is 16.5. The molecule has 5 nitrogen and oxygen atoms in total. The van der Waals surface area contributed by atoms with Crippen LogP contribution in [-0.2, 0) is 11.3 Å². The highest BCUT2D eigenvalue weighted by Crippen LogP contribution is 2.16. The van der Waals surface area contributed by atoms with Crippen LogP contribution in [0.2, 0.25) is 0 Å². The van der Waals surface area contributed by atoms with E-state index in [2.05, 4.69) is 15.6 Å². The van der Waals surface area contributed by atoms with E-state index in [0.29, 0.717) is 12.4 Å². The third-order valence-corrected chi connectivity index (χ3v) is 2.65. The van der Waals surface area contributed by atoms with Crippen LogP contribution in [0.25, 0.3) is 0 Å². The van der Waals surface area contributed by atoms with Gasteiger partial charge < -0.3 is 15.4 Å². The Kier molecular flexibility index (Phi) is 4.55. The predicted octanol–water partition coefficient (Wildman–Crippen LogP) is 2.66. The number of hydrogen-bond donors (Lipinski definition) is 2. The number of amides is 1. The lowest BCUT2D eigenvalue weighted by atomic mass is 10.2. The van der Waals surface area contributed by atoms with Crippen molar-refractivity contribution in [2.45, 2.75) is 13.5 Å². The predicted molar refractivity (Wildman–Crippen MR) is 78.9 cm³/mol. The molecule has 1 aromatic heterocycles. The van der Waals surface area contributed by atoms with Crippen LogP contribution in [0.5, 0.6) is 5.88 Å². The fourth-order valence-corrected chi connectivity index (χ4v) is 1.77. The van der Waals surface area contributed by atoms with Gasteiger partial charge in [0.1, 0.15) is 0 Å². The number of benzene rings is 1. The summed E-state index contributed by atoms with van der Waals surface area (Å²) in [4.78, 5) is 15.3. The number of pyridine rings is 1. The number of nitrogens with zero attached hydrogens (tertiary/aromatic N) is 1. The number of carbonyl (C=O) groups is 1. The normalized spacial score (nSPS) is 9.90. The summed E-state index contributed by atoms with van der Waals surface area (Å²) in [6, 6.07) is 13.2. The van der Waals surface area contributed by atoms with Crippen molar-refractivity contribution < 1.29 is 9.53 Å². The van der Waals surface area contributed by atoms with Crippen molar-refractivity contribution >= 4 is 17.3 Å². The van der Waals surface area contributed by atoms with E-state index in [-0.39, 0.29) is 5.91 Å². The van der Waals surface area contributed by atoms with E-state index in [1.54, 1.807) is 13.2 Å². The molecule has 0 saturated heterocycles. The fraction of sp³-hybridized carbons (Fsp3) is 0.200. The monoisotopic (exact) mass is 271 g/mol. The van der Waals surface area contributed by atoms with Crippen molar-refractivity contribution in [3.63, 3.8) is 0 Å². The summed E-state index contributed by atoms with van der Waals surface area (Å²) in [5.74, 6) is 0.507. The first-order valence-electron chi connectivity index (χ1n) is 6.29. The van der Waals surface area contributed by atoms with Crippen LogP contribution in [-0.4, -0.2) is 18.0 Å². The van der Waals surface area contributed by atoms with Crippen molar-refractivity contribution in [2.24, 2.45) is 0 Å². The molecule has 2 rings (SSSR count). The Morgan fingerprint density at radius 1 is 1.20 bits per heavy atom. The van der Waals surface area contributed by atoms with Crippen molar-refractivity contribution in [2.75, 3.05) is 17.7 Å². The van der Waals surface area contributed by atoms with Gasteiger partial charge in [0, 0.05) is 24.4 Å². The van der Waals surface area contributed by atoms with Crippen LogP contribution in [0.1, 0.15) is 12.6 Å². The number of carbonyl (C=O) groups excluding carboxylic acids is 1. The minimum absolute atomic E-state index is 0.0865. The van der Waals surface area contributed by atoms with Gasteiger partial charge in [0.05, 0.1) is 19.3 Å². The van der Waals surface area contributed by atoms with Gasteiger partial charge >= 0.3 is 0 Å². The molecule has 0 aliphatic heterocycles. The van der Waals surface area contributed by atoms with Crippen molar-refractivity contribution in [1.82, 2.24) is 4.98 Å².